The molecular weight excluding hydrogens is 248 g/mol. The van der Waals surface area contributed by atoms with E-state index < -0.39 is 0 Å². The van der Waals surface area contributed by atoms with Crippen LogP contribution in [-0.2, 0) is 6.54 Å². The Morgan fingerprint density at radius 2 is 1.90 bits per heavy atom. The summed E-state index contributed by atoms with van der Waals surface area (Å²) in [6.07, 6.45) is 0. The van der Waals surface area contributed by atoms with Crippen molar-refractivity contribution < 1.29 is 0 Å². The lowest BCUT2D eigenvalue weighted by molar-refractivity contribution is 0.270. The van der Waals surface area contributed by atoms with E-state index in [1.807, 2.05) is 12.1 Å². The highest BCUT2D eigenvalue weighted by molar-refractivity contribution is 5.84. The van der Waals surface area contributed by atoms with E-state index in [-0.39, 0.29) is 0 Å². The zero-order valence-electron chi connectivity index (χ0n) is 12.0. The summed E-state index contributed by atoms with van der Waals surface area (Å²) in [5.41, 5.74) is 8.13. The van der Waals surface area contributed by atoms with Gasteiger partial charge >= 0.3 is 0 Å². The van der Waals surface area contributed by atoms with Crippen LogP contribution in [0.1, 0.15) is 12.5 Å². The summed E-state index contributed by atoms with van der Waals surface area (Å²) in [5, 5.41) is 1.17. The van der Waals surface area contributed by atoms with Crippen LogP contribution in [0.4, 0.5) is 5.82 Å². The van der Waals surface area contributed by atoms with E-state index in [2.05, 4.69) is 34.9 Å². The molecule has 4 nitrogen and oxygen atoms in total. The first-order valence-electron chi connectivity index (χ1n) is 7.38. The molecule has 0 radical (unpaired) electrons. The Hall–Kier alpha value is -1.65. The van der Waals surface area contributed by atoms with E-state index >= 15 is 0 Å². The summed E-state index contributed by atoms with van der Waals surface area (Å²) in [5.74, 6) is 1.07. The van der Waals surface area contributed by atoms with Crippen molar-refractivity contribution in [3.8, 4) is 0 Å². The van der Waals surface area contributed by atoms with E-state index in [1.165, 1.54) is 10.9 Å². The maximum Gasteiger partial charge on any atom is 0.129 e. The van der Waals surface area contributed by atoms with Gasteiger partial charge in [-0.25, -0.2) is 4.98 Å². The van der Waals surface area contributed by atoms with E-state index in [9.17, 15) is 0 Å². The number of likely N-dealkylation sites (N-methyl/N-ethyl adjacent to an activating group) is 1. The average Bonchev–Trinajstić information content (AvgIpc) is 2.54. The van der Waals surface area contributed by atoms with Crippen molar-refractivity contribution in [1.29, 1.82) is 0 Å². The first kappa shape index (κ1) is 13.3. The molecule has 3 rings (SSSR count). The van der Waals surface area contributed by atoms with Crippen molar-refractivity contribution in [1.82, 2.24) is 9.88 Å². The lowest BCUT2D eigenvalue weighted by Crippen LogP contribution is -2.46. The molecule has 0 saturated carbocycles. The molecule has 1 fully saturated rings. The minimum Gasteiger partial charge on any atom is -0.354 e. The molecular formula is C16H22N4. The van der Waals surface area contributed by atoms with Gasteiger partial charge in [-0.2, -0.15) is 0 Å². The zero-order chi connectivity index (χ0) is 13.9. The summed E-state index contributed by atoms with van der Waals surface area (Å²) in [4.78, 5) is 9.66. The highest BCUT2D eigenvalue weighted by Crippen LogP contribution is 2.23. The molecule has 0 amide bonds. The van der Waals surface area contributed by atoms with Gasteiger partial charge in [0.15, 0.2) is 0 Å². The standard InChI is InChI=1S/C16H22N4/c1-2-19-7-9-20(10-8-19)16-11-13(12-17)14-5-3-4-6-15(14)18-16/h3-6,11H,2,7-10,12,17H2,1H3. The monoisotopic (exact) mass is 270 g/mol. The van der Waals surface area contributed by atoms with Gasteiger partial charge in [0.25, 0.3) is 0 Å². The molecule has 2 N–H and O–H groups in total. The van der Waals surface area contributed by atoms with Crippen LogP contribution in [0, 0.1) is 0 Å². The summed E-state index contributed by atoms with van der Waals surface area (Å²) < 4.78 is 0. The molecule has 4 heteroatoms. The van der Waals surface area contributed by atoms with Crippen LogP contribution in [0.5, 0.6) is 0 Å². The second kappa shape index (κ2) is 5.77. The van der Waals surface area contributed by atoms with Crippen LogP contribution < -0.4 is 10.6 Å². The van der Waals surface area contributed by atoms with Crippen LogP contribution in [-0.4, -0.2) is 42.6 Å². The smallest absolute Gasteiger partial charge is 0.129 e. The number of rotatable bonds is 3. The second-order valence-corrected chi connectivity index (χ2v) is 5.28. The Morgan fingerprint density at radius 1 is 1.15 bits per heavy atom. The number of para-hydroxylation sites is 1. The van der Waals surface area contributed by atoms with Crippen molar-refractivity contribution in [2.75, 3.05) is 37.6 Å². The summed E-state index contributed by atoms with van der Waals surface area (Å²) in [6, 6.07) is 10.4. The fraction of sp³-hybridized carbons (Fsp3) is 0.438. The van der Waals surface area contributed by atoms with Gasteiger partial charge < -0.3 is 15.5 Å². The Labute approximate surface area is 120 Å². The van der Waals surface area contributed by atoms with Gasteiger partial charge in [0.2, 0.25) is 0 Å². The molecule has 1 aliphatic rings. The van der Waals surface area contributed by atoms with Crippen LogP contribution in [0.2, 0.25) is 0 Å². The van der Waals surface area contributed by atoms with Crippen molar-refractivity contribution in [3.05, 3.63) is 35.9 Å². The van der Waals surface area contributed by atoms with E-state index in [4.69, 9.17) is 10.7 Å². The third kappa shape index (κ3) is 2.49. The fourth-order valence-electron chi connectivity index (χ4n) is 2.86. The topological polar surface area (TPSA) is 45.4 Å². The van der Waals surface area contributed by atoms with Gasteiger partial charge in [0.1, 0.15) is 5.82 Å². The third-order valence-electron chi connectivity index (χ3n) is 4.15. The molecule has 0 spiro atoms. The Balaban J connectivity index is 1.92. The molecule has 106 valence electrons. The average molecular weight is 270 g/mol. The first-order chi connectivity index (χ1) is 9.81. The Morgan fingerprint density at radius 3 is 2.60 bits per heavy atom. The molecule has 1 aromatic carbocycles. The quantitative estimate of drug-likeness (QED) is 0.924. The summed E-state index contributed by atoms with van der Waals surface area (Å²) >= 11 is 0. The number of aromatic nitrogens is 1. The molecule has 0 unspecified atom stereocenters. The van der Waals surface area contributed by atoms with Gasteiger partial charge in [-0.3, -0.25) is 0 Å². The van der Waals surface area contributed by atoms with Crippen LogP contribution in [0.3, 0.4) is 0 Å². The van der Waals surface area contributed by atoms with Crippen LogP contribution >= 0.6 is 0 Å². The Bertz CT molecular complexity index is 588. The summed E-state index contributed by atoms with van der Waals surface area (Å²) in [6.45, 7) is 8.23. The summed E-state index contributed by atoms with van der Waals surface area (Å²) in [7, 11) is 0. The minimum atomic E-state index is 0.560. The maximum absolute atomic E-state index is 5.90. The number of nitrogens with two attached hydrogens (primary N) is 1. The molecule has 2 aromatic rings. The lowest BCUT2D eigenvalue weighted by Gasteiger charge is -2.35. The predicted octanol–water partition coefficient (Wildman–Crippen LogP) is 1.84. The Kier molecular flexibility index (Phi) is 3.85. The van der Waals surface area contributed by atoms with Gasteiger partial charge in [-0.1, -0.05) is 25.1 Å². The van der Waals surface area contributed by atoms with Crippen molar-refractivity contribution in [3.63, 3.8) is 0 Å². The number of nitrogens with zero attached hydrogens (tertiary/aromatic N) is 3. The fourth-order valence-corrected chi connectivity index (χ4v) is 2.86. The van der Waals surface area contributed by atoms with Gasteiger partial charge in [-0.05, 0) is 24.2 Å². The lowest BCUT2D eigenvalue weighted by atomic mass is 10.1. The number of hydrogen-bond acceptors (Lipinski definition) is 4. The number of piperazine rings is 1. The van der Waals surface area contributed by atoms with Gasteiger partial charge in [0, 0.05) is 38.1 Å². The van der Waals surface area contributed by atoms with E-state index in [0.717, 1.165) is 44.1 Å². The van der Waals surface area contributed by atoms with E-state index in [0.29, 0.717) is 6.54 Å². The first-order valence-corrected chi connectivity index (χ1v) is 7.38. The number of benzene rings is 1. The van der Waals surface area contributed by atoms with Crippen molar-refractivity contribution in [2.24, 2.45) is 5.73 Å². The van der Waals surface area contributed by atoms with Crippen LogP contribution in [0.15, 0.2) is 30.3 Å². The van der Waals surface area contributed by atoms with Gasteiger partial charge in [0.05, 0.1) is 5.52 Å². The number of fused-ring (bicyclic) bond motifs is 1. The zero-order valence-corrected chi connectivity index (χ0v) is 12.0. The minimum absolute atomic E-state index is 0.560. The third-order valence-corrected chi connectivity index (χ3v) is 4.15. The van der Waals surface area contributed by atoms with Gasteiger partial charge in [-0.15, -0.1) is 0 Å². The normalized spacial score (nSPS) is 16.8. The number of anilines is 1. The predicted molar refractivity (Wildman–Crippen MR) is 84.0 cm³/mol. The molecule has 1 aromatic heterocycles. The van der Waals surface area contributed by atoms with Crippen molar-refractivity contribution in [2.45, 2.75) is 13.5 Å². The molecule has 0 atom stereocenters. The van der Waals surface area contributed by atoms with Crippen molar-refractivity contribution >= 4 is 16.7 Å². The SMILES string of the molecule is CCN1CCN(c2cc(CN)c3ccccc3n2)CC1. The molecule has 0 bridgehead atoms. The molecule has 1 saturated heterocycles. The highest BCUT2D eigenvalue weighted by atomic mass is 15.3. The second-order valence-electron chi connectivity index (χ2n) is 5.28. The van der Waals surface area contributed by atoms with E-state index in [1.54, 1.807) is 0 Å². The molecule has 2 heterocycles. The maximum atomic E-state index is 5.90. The van der Waals surface area contributed by atoms with Crippen LogP contribution in [0.25, 0.3) is 10.9 Å². The molecule has 0 aliphatic carbocycles. The number of hydrogen-bond donors (Lipinski definition) is 1. The highest BCUT2D eigenvalue weighted by Gasteiger charge is 2.17. The number of pyridine rings is 1. The molecule has 20 heavy (non-hydrogen) atoms. The molecule has 1 aliphatic heterocycles. The largest absolute Gasteiger partial charge is 0.354 e.